The van der Waals surface area contributed by atoms with Crippen molar-refractivity contribution in [2.45, 2.75) is 12.8 Å². The fourth-order valence-electron chi connectivity index (χ4n) is 0.341. The first-order valence-corrected chi connectivity index (χ1v) is 2.57. The topological polar surface area (TPSA) is 9.23 Å². The third-order valence-electron chi connectivity index (χ3n) is 0.701. The van der Waals surface area contributed by atoms with E-state index < -0.39 is 0 Å². The van der Waals surface area contributed by atoms with Gasteiger partial charge in [-0.25, -0.2) is 0 Å². The first-order chi connectivity index (χ1) is 3.91. The fraction of sp³-hybridized carbons (Fsp3) is 0.429. The molecule has 0 saturated carbocycles. The summed E-state index contributed by atoms with van der Waals surface area (Å²) in [7, 11) is 0. The highest BCUT2D eigenvalue weighted by atomic mass is 16.5. The van der Waals surface area contributed by atoms with Gasteiger partial charge in [0, 0.05) is 6.42 Å². The van der Waals surface area contributed by atoms with Crippen LogP contribution in [0.5, 0.6) is 0 Å². The Morgan fingerprint density at radius 3 is 3.00 bits per heavy atom. The molecule has 0 aliphatic heterocycles. The van der Waals surface area contributed by atoms with E-state index in [-0.39, 0.29) is 0 Å². The van der Waals surface area contributed by atoms with Crippen molar-refractivity contribution in [2.75, 3.05) is 6.61 Å². The molecule has 0 aromatic carbocycles. The van der Waals surface area contributed by atoms with Crippen LogP contribution in [0.25, 0.3) is 0 Å². The maximum atomic E-state index is 4.98. The van der Waals surface area contributed by atoms with Crippen molar-refractivity contribution in [1.29, 1.82) is 0 Å². The van der Waals surface area contributed by atoms with E-state index in [1.54, 1.807) is 0 Å². The maximum Gasteiger partial charge on any atom is 0.0882 e. The largest absolute Gasteiger partial charge is 0.502 e. The van der Waals surface area contributed by atoms with Crippen LogP contribution < -0.4 is 0 Å². The minimum atomic E-state index is 0.688. The average molecular weight is 110 g/mol. The van der Waals surface area contributed by atoms with Crippen LogP contribution in [0, 0.1) is 12.3 Å². The van der Waals surface area contributed by atoms with Crippen LogP contribution in [0.2, 0.25) is 0 Å². The van der Waals surface area contributed by atoms with Crippen molar-refractivity contribution in [3.63, 3.8) is 0 Å². The molecule has 0 unspecified atom stereocenters. The van der Waals surface area contributed by atoms with Gasteiger partial charge in [-0.2, -0.15) is 0 Å². The summed E-state index contributed by atoms with van der Waals surface area (Å²) in [5.41, 5.74) is 0. The number of rotatable bonds is 4. The molecule has 0 rings (SSSR count). The van der Waals surface area contributed by atoms with Crippen LogP contribution in [-0.4, -0.2) is 6.61 Å². The zero-order valence-corrected chi connectivity index (χ0v) is 4.89. The number of unbranched alkanes of at least 4 members (excludes halogenated alkanes) is 1. The summed E-state index contributed by atoms with van der Waals surface area (Å²) in [5, 5.41) is 0. The lowest BCUT2D eigenvalue weighted by Gasteiger charge is -1.93. The van der Waals surface area contributed by atoms with Crippen molar-refractivity contribution in [2.24, 2.45) is 0 Å². The quantitative estimate of drug-likeness (QED) is 0.303. The smallest absolute Gasteiger partial charge is 0.0882 e. The van der Waals surface area contributed by atoms with E-state index in [0.717, 1.165) is 12.8 Å². The zero-order valence-electron chi connectivity index (χ0n) is 4.89. The van der Waals surface area contributed by atoms with E-state index >= 15 is 0 Å². The molecule has 1 nitrogen and oxygen atoms in total. The maximum absolute atomic E-state index is 4.98. The van der Waals surface area contributed by atoms with E-state index in [1.807, 2.05) is 0 Å². The van der Waals surface area contributed by atoms with Gasteiger partial charge in [0.1, 0.15) is 0 Å². The Morgan fingerprint density at radius 2 is 2.50 bits per heavy atom. The number of hydrogen-bond acceptors (Lipinski definition) is 1. The molecule has 0 bridgehead atoms. The molecule has 0 aliphatic carbocycles. The predicted molar refractivity (Wildman–Crippen MR) is 34.2 cm³/mol. The normalized spacial score (nSPS) is 7.38. The summed E-state index contributed by atoms with van der Waals surface area (Å²) in [6, 6.07) is 0. The molecule has 0 radical (unpaired) electrons. The van der Waals surface area contributed by atoms with Gasteiger partial charge in [0.2, 0.25) is 0 Å². The molecule has 0 fully saturated rings. The van der Waals surface area contributed by atoms with E-state index in [1.165, 1.54) is 6.26 Å². The zero-order chi connectivity index (χ0) is 6.24. The molecule has 0 saturated heterocycles. The second-order valence-corrected chi connectivity index (χ2v) is 1.35. The number of terminal acetylenes is 1. The van der Waals surface area contributed by atoms with E-state index in [0.29, 0.717) is 6.61 Å². The fourth-order valence-corrected chi connectivity index (χ4v) is 0.341. The Labute approximate surface area is 50.4 Å². The molecular formula is C7H10O. The van der Waals surface area contributed by atoms with Gasteiger partial charge < -0.3 is 4.74 Å². The Hall–Kier alpha value is -0.900. The Bertz CT molecular complexity index is 89.1. The molecule has 44 valence electrons. The van der Waals surface area contributed by atoms with Crippen molar-refractivity contribution in [3.05, 3.63) is 12.8 Å². The summed E-state index contributed by atoms with van der Waals surface area (Å²) in [4.78, 5) is 0. The van der Waals surface area contributed by atoms with E-state index in [2.05, 4.69) is 12.5 Å². The third kappa shape index (κ3) is 5.10. The number of ether oxygens (including phenoxy) is 1. The summed E-state index contributed by atoms with van der Waals surface area (Å²) in [6.07, 6.45) is 8.11. The highest BCUT2D eigenvalue weighted by Crippen LogP contribution is 1.86. The van der Waals surface area contributed by atoms with Crippen LogP contribution in [0.15, 0.2) is 12.8 Å². The van der Waals surface area contributed by atoms with Crippen molar-refractivity contribution in [3.8, 4) is 12.3 Å². The molecule has 8 heavy (non-hydrogen) atoms. The van der Waals surface area contributed by atoms with Crippen molar-refractivity contribution >= 4 is 0 Å². The molecular weight excluding hydrogens is 100 g/mol. The molecule has 0 amide bonds. The first-order valence-electron chi connectivity index (χ1n) is 2.57. The van der Waals surface area contributed by atoms with Gasteiger partial charge in [0.25, 0.3) is 0 Å². The molecule has 1 heteroatoms. The summed E-state index contributed by atoms with van der Waals surface area (Å²) in [6.45, 7) is 4.07. The molecule has 0 spiro atoms. The monoisotopic (exact) mass is 110 g/mol. The van der Waals surface area contributed by atoms with E-state index in [4.69, 9.17) is 11.2 Å². The van der Waals surface area contributed by atoms with Gasteiger partial charge in [-0.15, -0.1) is 12.3 Å². The molecule has 0 N–H and O–H groups in total. The lowest BCUT2D eigenvalue weighted by Crippen LogP contribution is -1.84. The lowest BCUT2D eigenvalue weighted by atomic mass is 10.3. The van der Waals surface area contributed by atoms with Crippen molar-refractivity contribution in [1.82, 2.24) is 0 Å². The van der Waals surface area contributed by atoms with Gasteiger partial charge in [-0.3, -0.25) is 0 Å². The highest BCUT2D eigenvalue weighted by molar-refractivity contribution is 4.82. The predicted octanol–water partition coefficient (Wildman–Crippen LogP) is 1.56. The summed E-state index contributed by atoms with van der Waals surface area (Å²) >= 11 is 0. The SMILES string of the molecule is C#CCCCOC=C. The second kappa shape index (κ2) is 6.10. The highest BCUT2D eigenvalue weighted by Gasteiger charge is 1.78. The van der Waals surface area contributed by atoms with Gasteiger partial charge in [0.05, 0.1) is 12.9 Å². The van der Waals surface area contributed by atoms with Crippen LogP contribution >= 0.6 is 0 Å². The minimum Gasteiger partial charge on any atom is -0.502 e. The van der Waals surface area contributed by atoms with Gasteiger partial charge in [-0.05, 0) is 6.42 Å². The number of hydrogen-bond donors (Lipinski definition) is 0. The third-order valence-corrected chi connectivity index (χ3v) is 0.701. The second-order valence-electron chi connectivity index (χ2n) is 1.35. The van der Waals surface area contributed by atoms with Crippen LogP contribution in [0.1, 0.15) is 12.8 Å². The van der Waals surface area contributed by atoms with Gasteiger partial charge >= 0.3 is 0 Å². The van der Waals surface area contributed by atoms with Crippen LogP contribution in [0.3, 0.4) is 0 Å². The minimum absolute atomic E-state index is 0.688. The van der Waals surface area contributed by atoms with Gasteiger partial charge in [0.15, 0.2) is 0 Å². The van der Waals surface area contributed by atoms with Crippen LogP contribution in [0.4, 0.5) is 0 Å². The first kappa shape index (κ1) is 7.10. The Morgan fingerprint density at radius 1 is 1.75 bits per heavy atom. The average Bonchev–Trinajstić information content (AvgIpc) is 1.81. The lowest BCUT2D eigenvalue weighted by molar-refractivity contribution is 0.247. The van der Waals surface area contributed by atoms with Gasteiger partial charge in [-0.1, -0.05) is 6.58 Å². The Balaban J connectivity index is 2.74. The Kier molecular flexibility index (Phi) is 5.41. The molecule has 0 aliphatic rings. The summed E-state index contributed by atoms with van der Waals surface area (Å²) in [5.74, 6) is 2.51. The standard InChI is InChI=1S/C7H10O/c1-3-5-6-7-8-4-2/h1,4H,2,5-7H2. The van der Waals surface area contributed by atoms with E-state index in [9.17, 15) is 0 Å². The molecule has 0 aromatic heterocycles. The summed E-state index contributed by atoms with van der Waals surface area (Å²) < 4.78 is 4.80. The molecule has 0 heterocycles. The molecule has 0 atom stereocenters. The van der Waals surface area contributed by atoms with Crippen LogP contribution in [-0.2, 0) is 4.74 Å². The van der Waals surface area contributed by atoms with Crippen molar-refractivity contribution < 1.29 is 4.74 Å². The molecule has 0 aromatic rings.